The quantitative estimate of drug-likeness (QED) is 0.853. The Morgan fingerprint density at radius 1 is 1.42 bits per heavy atom. The Kier molecular flexibility index (Phi) is 5.46. The highest BCUT2D eigenvalue weighted by Crippen LogP contribution is 2.27. The first-order valence-electron chi connectivity index (χ1n) is 7.66. The Hall–Kier alpha value is -0.800. The Labute approximate surface area is 117 Å². The molecule has 0 saturated heterocycles. The molecule has 1 aromatic heterocycles. The summed E-state index contributed by atoms with van der Waals surface area (Å²) in [4.78, 5) is 2.46. The third-order valence-corrected chi connectivity index (χ3v) is 4.22. The van der Waals surface area contributed by atoms with Crippen molar-refractivity contribution in [1.82, 2.24) is 10.2 Å². The van der Waals surface area contributed by atoms with Crippen LogP contribution in [0.4, 0.5) is 0 Å². The molecule has 1 saturated carbocycles. The summed E-state index contributed by atoms with van der Waals surface area (Å²) in [5.74, 6) is 1.97. The van der Waals surface area contributed by atoms with E-state index in [9.17, 15) is 0 Å². The lowest BCUT2D eigenvalue weighted by Crippen LogP contribution is -2.34. The van der Waals surface area contributed by atoms with E-state index in [1.807, 2.05) is 6.26 Å². The normalized spacial score (nSPS) is 24.0. The fourth-order valence-corrected chi connectivity index (χ4v) is 3.05. The molecule has 3 heteroatoms. The number of hydrogen-bond donors (Lipinski definition) is 1. The lowest BCUT2D eigenvalue weighted by atomic mass is 9.86. The van der Waals surface area contributed by atoms with E-state index in [0.717, 1.165) is 37.4 Å². The molecule has 1 aromatic rings. The van der Waals surface area contributed by atoms with Crippen molar-refractivity contribution in [3.63, 3.8) is 0 Å². The van der Waals surface area contributed by atoms with E-state index >= 15 is 0 Å². The van der Waals surface area contributed by atoms with E-state index in [1.54, 1.807) is 0 Å². The second-order valence-electron chi connectivity index (χ2n) is 6.04. The number of nitrogens with zero attached hydrogens (tertiary/aromatic N) is 1. The van der Waals surface area contributed by atoms with Crippen LogP contribution in [0, 0.1) is 5.92 Å². The molecule has 2 rings (SSSR count). The fourth-order valence-electron chi connectivity index (χ4n) is 3.05. The van der Waals surface area contributed by atoms with Gasteiger partial charge in [-0.15, -0.1) is 0 Å². The minimum absolute atomic E-state index is 0.728. The van der Waals surface area contributed by atoms with E-state index < -0.39 is 0 Å². The molecule has 0 spiro atoms. The van der Waals surface area contributed by atoms with Crippen LogP contribution in [-0.2, 0) is 13.1 Å². The van der Waals surface area contributed by atoms with Crippen molar-refractivity contribution >= 4 is 0 Å². The topological polar surface area (TPSA) is 28.4 Å². The zero-order valence-corrected chi connectivity index (χ0v) is 12.6. The van der Waals surface area contributed by atoms with Crippen molar-refractivity contribution < 1.29 is 4.42 Å². The van der Waals surface area contributed by atoms with Gasteiger partial charge in [0.1, 0.15) is 5.76 Å². The van der Waals surface area contributed by atoms with Gasteiger partial charge in [-0.3, -0.25) is 4.90 Å². The van der Waals surface area contributed by atoms with Gasteiger partial charge in [-0.25, -0.2) is 0 Å². The van der Waals surface area contributed by atoms with Crippen molar-refractivity contribution in [2.24, 2.45) is 5.92 Å². The van der Waals surface area contributed by atoms with E-state index in [0.29, 0.717) is 0 Å². The smallest absolute Gasteiger partial charge is 0.118 e. The third kappa shape index (κ3) is 4.36. The summed E-state index contributed by atoms with van der Waals surface area (Å²) in [6.45, 7) is 7.34. The molecule has 3 nitrogen and oxygen atoms in total. The van der Waals surface area contributed by atoms with Gasteiger partial charge < -0.3 is 9.73 Å². The van der Waals surface area contributed by atoms with Crippen LogP contribution in [0.1, 0.15) is 50.9 Å². The maximum atomic E-state index is 5.67. The summed E-state index contributed by atoms with van der Waals surface area (Å²) in [7, 11) is 2.23. The van der Waals surface area contributed by atoms with Gasteiger partial charge in [0.15, 0.2) is 0 Å². The minimum atomic E-state index is 0.728. The van der Waals surface area contributed by atoms with Crippen molar-refractivity contribution in [3.05, 3.63) is 23.7 Å². The van der Waals surface area contributed by atoms with E-state index in [-0.39, 0.29) is 0 Å². The molecule has 1 N–H and O–H groups in total. The predicted molar refractivity (Wildman–Crippen MR) is 79.0 cm³/mol. The Balaban J connectivity index is 1.84. The molecular weight excluding hydrogens is 236 g/mol. The largest absolute Gasteiger partial charge is 0.468 e. The lowest BCUT2D eigenvalue weighted by molar-refractivity contribution is 0.149. The number of rotatable bonds is 6. The van der Waals surface area contributed by atoms with E-state index in [2.05, 4.69) is 37.2 Å². The average molecular weight is 264 g/mol. The monoisotopic (exact) mass is 264 g/mol. The van der Waals surface area contributed by atoms with Gasteiger partial charge in [0.2, 0.25) is 0 Å². The van der Waals surface area contributed by atoms with Gasteiger partial charge in [0.05, 0.1) is 12.8 Å². The Morgan fingerprint density at radius 2 is 2.26 bits per heavy atom. The summed E-state index contributed by atoms with van der Waals surface area (Å²) in [6, 6.07) is 2.91. The first-order valence-corrected chi connectivity index (χ1v) is 7.66. The molecule has 2 unspecified atom stereocenters. The summed E-state index contributed by atoms with van der Waals surface area (Å²) < 4.78 is 5.67. The highest BCUT2D eigenvalue weighted by atomic mass is 16.3. The van der Waals surface area contributed by atoms with Gasteiger partial charge >= 0.3 is 0 Å². The van der Waals surface area contributed by atoms with Crippen molar-refractivity contribution in [3.8, 4) is 0 Å². The zero-order chi connectivity index (χ0) is 13.7. The van der Waals surface area contributed by atoms with Crippen LogP contribution in [-0.4, -0.2) is 24.5 Å². The predicted octanol–water partition coefficient (Wildman–Crippen LogP) is 3.40. The van der Waals surface area contributed by atoms with Gasteiger partial charge in [0.25, 0.3) is 0 Å². The van der Waals surface area contributed by atoms with E-state index in [1.165, 1.54) is 31.2 Å². The SMILES string of the molecule is CCNCc1coc(CN(C)C2CCCC(C)C2)c1. The van der Waals surface area contributed by atoms with Crippen LogP contribution >= 0.6 is 0 Å². The van der Waals surface area contributed by atoms with Crippen molar-refractivity contribution in [2.45, 2.75) is 58.7 Å². The fraction of sp³-hybridized carbons (Fsp3) is 0.750. The molecule has 108 valence electrons. The molecule has 0 bridgehead atoms. The van der Waals surface area contributed by atoms with Gasteiger partial charge in [-0.2, -0.15) is 0 Å². The third-order valence-electron chi connectivity index (χ3n) is 4.22. The van der Waals surface area contributed by atoms with Gasteiger partial charge in [0, 0.05) is 18.2 Å². The molecule has 1 aliphatic carbocycles. The molecule has 1 fully saturated rings. The molecule has 1 aliphatic rings. The maximum absolute atomic E-state index is 5.67. The van der Waals surface area contributed by atoms with Crippen LogP contribution < -0.4 is 5.32 Å². The first kappa shape index (κ1) is 14.6. The molecule has 0 aliphatic heterocycles. The number of furan rings is 1. The zero-order valence-electron chi connectivity index (χ0n) is 12.6. The molecular formula is C16H28N2O. The molecule has 0 amide bonds. The second-order valence-corrected chi connectivity index (χ2v) is 6.04. The molecule has 1 heterocycles. The van der Waals surface area contributed by atoms with Crippen LogP contribution in [0.3, 0.4) is 0 Å². The highest BCUT2D eigenvalue weighted by Gasteiger charge is 2.22. The summed E-state index contributed by atoms with van der Waals surface area (Å²) >= 11 is 0. The number of hydrogen-bond acceptors (Lipinski definition) is 3. The van der Waals surface area contributed by atoms with Crippen molar-refractivity contribution in [2.75, 3.05) is 13.6 Å². The molecule has 0 aromatic carbocycles. The standard InChI is InChI=1S/C16H28N2O/c1-4-17-10-14-9-16(19-12-14)11-18(3)15-7-5-6-13(2)8-15/h9,12-13,15,17H,4-8,10-11H2,1-3H3. The summed E-state index contributed by atoms with van der Waals surface area (Å²) in [5.41, 5.74) is 1.25. The highest BCUT2D eigenvalue weighted by molar-refractivity contribution is 5.12. The Morgan fingerprint density at radius 3 is 3.00 bits per heavy atom. The number of nitrogens with one attached hydrogen (secondary N) is 1. The Bertz CT molecular complexity index is 375. The average Bonchev–Trinajstić information content (AvgIpc) is 2.84. The maximum Gasteiger partial charge on any atom is 0.118 e. The molecule has 0 radical (unpaired) electrons. The summed E-state index contributed by atoms with van der Waals surface area (Å²) in [6.07, 6.45) is 7.33. The van der Waals surface area contributed by atoms with E-state index in [4.69, 9.17) is 4.42 Å². The molecule has 19 heavy (non-hydrogen) atoms. The van der Waals surface area contributed by atoms with Crippen molar-refractivity contribution in [1.29, 1.82) is 0 Å². The second kappa shape index (κ2) is 7.11. The van der Waals surface area contributed by atoms with Crippen LogP contribution in [0.25, 0.3) is 0 Å². The summed E-state index contributed by atoms with van der Waals surface area (Å²) in [5, 5.41) is 3.33. The van der Waals surface area contributed by atoms with Crippen LogP contribution in [0.2, 0.25) is 0 Å². The molecule has 2 atom stereocenters. The van der Waals surface area contributed by atoms with Gasteiger partial charge in [-0.1, -0.05) is 26.7 Å². The lowest BCUT2D eigenvalue weighted by Gasteiger charge is -2.33. The first-order chi connectivity index (χ1) is 9.19. The van der Waals surface area contributed by atoms with Gasteiger partial charge in [-0.05, 0) is 38.4 Å². The van der Waals surface area contributed by atoms with Crippen LogP contribution in [0.5, 0.6) is 0 Å². The van der Waals surface area contributed by atoms with Crippen LogP contribution in [0.15, 0.2) is 16.7 Å². The minimum Gasteiger partial charge on any atom is -0.468 e.